The zero-order valence-electron chi connectivity index (χ0n) is 9.79. The summed E-state index contributed by atoms with van der Waals surface area (Å²) in [6, 6.07) is 7.07. The molecule has 0 bridgehead atoms. The lowest BCUT2D eigenvalue weighted by molar-refractivity contribution is -0.133. The van der Waals surface area contributed by atoms with Gasteiger partial charge in [-0.15, -0.1) is 0 Å². The van der Waals surface area contributed by atoms with Crippen LogP contribution in [0.5, 0.6) is 0 Å². The van der Waals surface area contributed by atoms with Crippen molar-refractivity contribution in [2.24, 2.45) is 0 Å². The Bertz CT molecular complexity index is 651. The Morgan fingerprint density at radius 1 is 1.44 bits per heavy atom. The third-order valence-corrected chi connectivity index (χ3v) is 3.43. The van der Waals surface area contributed by atoms with E-state index in [-0.39, 0.29) is 11.3 Å². The number of thioether (sulfide) groups is 1. The molecule has 0 saturated carbocycles. The molecule has 0 atom stereocenters. The smallest absolute Gasteiger partial charge is 0.313 e. The highest BCUT2D eigenvalue weighted by Crippen LogP contribution is 2.17. The maximum atomic E-state index is 12.2. The van der Waals surface area contributed by atoms with Crippen LogP contribution in [0.2, 0.25) is 0 Å². The first-order valence-electron chi connectivity index (χ1n) is 5.47. The average Bonchev–Trinajstić information content (AvgIpc) is 2.36. The zero-order chi connectivity index (χ0) is 13.1. The zero-order valence-corrected chi connectivity index (χ0v) is 10.6. The van der Waals surface area contributed by atoms with Gasteiger partial charge in [-0.1, -0.05) is 23.9 Å². The fraction of sp³-hybridized carbons (Fsp3) is 0.250. The Morgan fingerprint density at radius 2 is 2.17 bits per heavy atom. The van der Waals surface area contributed by atoms with Crippen LogP contribution < -0.4 is 5.56 Å². The van der Waals surface area contributed by atoms with Gasteiger partial charge in [0.2, 0.25) is 0 Å². The number of carboxylic acid groups (broad SMARTS) is 1. The van der Waals surface area contributed by atoms with Crippen LogP contribution in [0.3, 0.4) is 0 Å². The molecule has 0 radical (unpaired) electrons. The molecule has 94 valence electrons. The van der Waals surface area contributed by atoms with Crippen LogP contribution in [-0.4, -0.2) is 26.4 Å². The molecule has 18 heavy (non-hydrogen) atoms. The second-order valence-corrected chi connectivity index (χ2v) is 4.59. The minimum Gasteiger partial charge on any atom is -0.481 e. The van der Waals surface area contributed by atoms with E-state index in [1.807, 2.05) is 6.92 Å². The summed E-state index contributed by atoms with van der Waals surface area (Å²) in [6.45, 7) is 2.31. The van der Waals surface area contributed by atoms with Crippen molar-refractivity contribution in [3.05, 3.63) is 34.6 Å². The lowest BCUT2D eigenvalue weighted by Gasteiger charge is -2.09. The summed E-state index contributed by atoms with van der Waals surface area (Å²) in [5.41, 5.74) is 0.469. The fourth-order valence-electron chi connectivity index (χ4n) is 1.66. The Kier molecular flexibility index (Phi) is 3.66. The number of fused-ring (bicyclic) bond motifs is 1. The third kappa shape index (κ3) is 2.38. The Morgan fingerprint density at radius 3 is 2.83 bits per heavy atom. The van der Waals surface area contributed by atoms with E-state index in [1.165, 1.54) is 4.57 Å². The van der Waals surface area contributed by atoms with Gasteiger partial charge in [0, 0.05) is 6.54 Å². The molecule has 0 unspecified atom stereocenters. The first-order valence-corrected chi connectivity index (χ1v) is 6.46. The highest BCUT2D eigenvalue weighted by atomic mass is 32.2. The van der Waals surface area contributed by atoms with Gasteiger partial charge in [0.25, 0.3) is 5.56 Å². The summed E-state index contributed by atoms with van der Waals surface area (Å²) in [5.74, 6) is -1.03. The first-order chi connectivity index (χ1) is 8.63. The number of nitrogens with zero attached hydrogens (tertiary/aromatic N) is 2. The molecule has 0 fully saturated rings. The van der Waals surface area contributed by atoms with Crippen molar-refractivity contribution in [3.8, 4) is 0 Å². The van der Waals surface area contributed by atoms with E-state index in [4.69, 9.17) is 5.11 Å². The molecule has 0 aliphatic carbocycles. The standard InChI is InChI=1S/C12H12N2O3S/c1-2-14-11(17)8-5-3-4-6-9(8)13-12(14)18-7-10(15)16/h3-6H,2,7H2,1H3,(H,15,16). The topological polar surface area (TPSA) is 72.2 Å². The molecule has 1 aromatic heterocycles. The maximum Gasteiger partial charge on any atom is 0.313 e. The van der Waals surface area contributed by atoms with Gasteiger partial charge >= 0.3 is 5.97 Å². The van der Waals surface area contributed by atoms with Crippen molar-refractivity contribution in [2.75, 3.05) is 5.75 Å². The summed E-state index contributed by atoms with van der Waals surface area (Å²) < 4.78 is 1.50. The minimum atomic E-state index is -0.926. The second-order valence-electron chi connectivity index (χ2n) is 3.64. The van der Waals surface area contributed by atoms with E-state index in [1.54, 1.807) is 24.3 Å². The molecule has 1 aromatic carbocycles. The molecule has 0 spiro atoms. The van der Waals surface area contributed by atoms with Gasteiger partial charge in [0.05, 0.1) is 16.7 Å². The van der Waals surface area contributed by atoms with Crippen molar-refractivity contribution in [2.45, 2.75) is 18.6 Å². The third-order valence-electron chi connectivity index (χ3n) is 2.47. The van der Waals surface area contributed by atoms with E-state index in [0.29, 0.717) is 22.6 Å². The summed E-state index contributed by atoms with van der Waals surface area (Å²) in [6.07, 6.45) is 0. The SMILES string of the molecule is CCn1c(SCC(=O)O)nc2ccccc2c1=O. The van der Waals surface area contributed by atoms with Crippen molar-refractivity contribution >= 4 is 28.6 Å². The van der Waals surface area contributed by atoms with E-state index in [9.17, 15) is 9.59 Å². The first kappa shape index (κ1) is 12.6. The minimum absolute atomic E-state index is 0.106. The van der Waals surface area contributed by atoms with Gasteiger partial charge in [0.15, 0.2) is 5.16 Å². The van der Waals surface area contributed by atoms with Crippen LogP contribution in [0, 0.1) is 0 Å². The maximum absolute atomic E-state index is 12.2. The number of carboxylic acids is 1. The Labute approximate surface area is 107 Å². The summed E-state index contributed by atoms with van der Waals surface area (Å²) in [5, 5.41) is 9.69. The summed E-state index contributed by atoms with van der Waals surface area (Å²) >= 11 is 1.06. The molecule has 2 aromatic rings. The van der Waals surface area contributed by atoms with Gasteiger partial charge in [-0.05, 0) is 19.1 Å². The summed E-state index contributed by atoms with van der Waals surface area (Å²) in [7, 11) is 0. The number of para-hydroxylation sites is 1. The molecule has 6 heteroatoms. The van der Waals surface area contributed by atoms with Crippen LogP contribution in [-0.2, 0) is 11.3 Å². The number of hydrogen-bond acceptors (Lipinski definition) is 4. The van der Waals surface area contributed by atoms with Crippen molar-refractivity contribution in [1.29, 1.82) is 0 Å². The van der Waals surface area contributed by atoms with Gasteiger partial charge < -0.3 is 5.11 Å². The average molecular weight is 264 g/mol. The van der Waals surface area contributed by atoms with Crippen LogP contribution in [0.1, 0.15) is 6.92 Å². The molecule has 2 rings (SSSR count). The predicted molar refractivity (Wildman–Crippen MR) is 70.0 cm³/mol. The quantitative estimate of drug-likeness (QED) is 0.670. The van der Waals surface area contributed by atoms with Gasteiger partial charge in [-0.3, -0.25) is 14.2 Å². The molecular weight excluding hydrogens is 252 g/mol. The molecule has 5 nitrogen and oxygen atoms in total. The highest BCUT2D eigenvalue weighted by molar-refractivity contribution is 7.99. The van der Waals surface area contributed by atoms with Gasteiger partial charge in [0.1, 0.15) is 0 Å². The van der Waals surface area contributed by atoms with Crippen molar-refractivity contribution < 1.29 is 9.90 Å². The van der Waals surface area contributed by atoms with E-state index >= 15 is 0 Å². The lowest BCUT2D eigenvalue weighted by Crippen LogP contribution is -2.22. The van der Waals surface area contributed by atoms with Gasteiger partial charge in [-0.25, -0.2) is 4.98 Å². The molecule has 1 N–H and O–H groups in total. The number of hydrogen-bond donors (Lipinski definition) is 1. The molecule has 0 saturated heterocycles. The largest absolute Gasteiger partial charge is 0.481 e. The van der Waals surface area contributed by atoms with Crippen molar-refractivity contribution in [3.63, 3.8) is 0 Å². The lowest BCUT2D eigenvalue weighted by atomic mass is 10.2. The predicted octanol–water partition coefficient (Wildman–Crippen LogP) is 1.59. The molecule has 0 aliphatic heterocycles. The molecule has 0 amide bonds. The molecule has 1 heterocycles. The number of aliphatic carboxylic acids is 1. The van der Waals surface area contributed by atoms with Crippen LogP contribution >= 0.6 is 11.8 Å². The monoisotopic (exact) mass is 264 g/mol. The Hall–Kier alpha value is -1.82. The number of carbonyl (C=O) groups is 1. The van der Waals surface area contributed by atoms with E-state index < -0.39 is 5.97 Å². The molecule has 0 aliphatic rings. The number of rotatable bonds is 4. The van der Waals surface area contributed by atoms with Crippen LogP contribution in [0.25, 0.3) is 10.9 Å². The number of benzene rings is 1. The van der Waals surface area contributed by atoms with Gasteiger partial charge in [-0.2, -0.15) is 0 Å². The summed E-state index contributed by atoms with van der Waals surface area (Å²) in [4.78, 5) is 27.1. The van der Waals surface area contributed by atoms with Crippen LogP contribution in [0.15, 0.2) is 34.2 Å². The fourth-order valence-corrected chi connectivity index (χ4v) is 2.45. The normalized spacial score (nSPS) is 10.7. The van der Waals surface area contributed by atoms with E-state index in [2.05, 4.69) is 4.98 Å². The van der Waals surface area contributed by atoms with Crippen LogP contribution in [0.4, 0.5) is 0 Å². The highest BCUT2D eigenvalue weighted by Gasteiger charge is 2.11. The van der Waals surface area contributed by atoms with E-state index in [0.717, 1.165) is 11.8 Å². The Balaban J connectivity index is 2.58. The number of aromatic nitrogens is 2. The second kappa shape index (κ2) is 5.22. The molecular formula is C12H12N2O3S. The van der Waals surface area contributed by atoms with Crippen molar-refractivity contribution in [1.82, 2.24) is 9.55 Å².